The number of benzene rings is 1. The number of para-hydroxylation sites is 1. The van der Waals surface area contributed by atoms with Crippen molar-refractivity contribution in [1.29, 1.82) is 0 Å². The summed E-state index contributed by atoms with van der Waals surface area (Å²) in [4.78, 5) is 22.9. The van der Waals surface area contributed by atoms with Crippen molar-refractivity contribution < 1.29 is 4.79 Å². The Morgan fingerprint density at radius 1 is 1.26 bits per heavy atom. The molecule has 1 aliphatic rings. The van der Waals surface area contributed by atoms with Crippen molar-refractivity contribution in [3.63, 3.8) is 0 Å². The summed E-state index contributed by atoms with van der Waals surface area (Å²) in [5.41, 5.74) is 13.6. The lowest BCUT2D eigenvalue weighted by Crippen LogP contribution is -2.40. The molecule has 0 fully saturated rings. The van der Waals surface area contributed by atoms with Crippen LogP contribution in [0, 0.1) is 0 Å². The molecule has 1 amide bonds. The number of nitrogen functional groups attached to an aromatic ring is 2. The van der Waals surface area contributed by atoms with Gasteiger partial charge in [-0.3, -0.25) is 4.79 Å². The summed E-state index contributed by atoms with van der Waals surface area (Å²) in [7, 11) is 0. The van der Waals surface area contributed by atoms with Crippen LogP contribution < -0.4 is 16.4 Å². The van der Waals surface area contributed by atoms with Crippen LogP contribution in [0.1, 0.15) is 18.9 Å². The lowest BCUT2D eigenvalue weighted by atomic mass is 10.0. The van der Waals surface area contributed by atoms with E-state index in [0.29, 0.717) is 16.8 Å². The molecule has 1 aromatic heterocycles. The Morgan fingerprint density at radius 3 is 2.70 bits per heavy atom. The Labute approximate surface area is 139 Å². The highest BCUT2D eigenvalue weighted by atomic mass is 32.2. The number of hydrogen-bond acceptors (Lipinski definition) is 6. The molecule has 1 aliphatic heterocycles. The maximum Gasteiger partial charge on any atom is 0.240 e. The second-order valence-corrected chi connectivity index (χ2v) is 6.79. The number of hydrogen-bond donors (Lipinski definition) is 2. The third-order valence-corrected chi connectivity index (χ3v) is 4.70. The number of carbonyl (C=O) groups excluding carboxylic acids is 1. The van der Waals surface area contributed by atoms with Crippen LogP contribution in [0.2, 0.25) is 0 Å². The molecule has 2 aromatic rings. The molecule has 6 nitrogen and oxygen atoms in total. The van der Waals surface area contributed by atoms with Crippen LogP contribution in [0.25, 0.3) is 0 Å². The molecule has 1 unspecified atom stereocenters. The van der Waals surface area contributed by atoms with Crippen molar-refractivity contribution in [3.8, 4) is 0 Å². The first-order valence-corrected chi connectivity index (χ1v) is 8.38. The summed E-state index contributed by atoms with van der Waals surface area (Å²) >= 11 is 1.27. The monoisotopic (exact) mass is 329 g/mol. The fourth-order valence-corrected chi connectivity index (χ4v) is 3.57. The predicted octanol–water partition coefficient (Wildman–Crippen LogP) is 2.10. The van der Waals surface area contributed by atoms with E-state index in [9.17, 15) is 4.79 Å². The number of thioether (sulfide) groups is 1. The molecule has 0 saturated heterocycles. The van der Waals surface area contributed by atoms with Gasteiger partial charge in [-0.25, -0.2) is 9.97 Å². The largest absolute Gasteiger partial charge is 0.383 e. The minimum Gasteiger partial charge on any atom is -0.383 e. The number of carbonyl (C=O) groups is 1. The molecule has 0 aliphatic carbocycles. The van der Waals surface area contributed by atoms with Crippen LogP contribution in [-0.4, -0.2) is 27.7 Å². The minimum atomic E-state index is -0.317. The second kappa shape index (κ2) is 6.45. The van der Waals surface area contributed by atoms with Crippen LogP contribution in [0.15, 0.2) is 35.5 Å². The third-order valence-electron chi connectivity index (χ3n) is 3.75. The summed E-state index contributed by atoms with van der Waals surface area (Å²) in [6.07, 6.45) is 1.98. The number of aromatic nitrogens is 2. The van der Waals surface area contributed by atoms with E-state index >= 15 is 0 Å². The van der Waals surface area contributed by atoms with Gasteiger partial charge in [0.05, 0.1) is 5.25 Å². The molecule has 4 N–H and O–H groups in total. The highest BCUT2D eigenvalue weighted by molar-refractivity contribution is 8.00. The maximum atomic E-state index is 12.8. The fraction of sp³-hybridized carbons (Fsp3) is 0.312. The average Bonchev–Trinajstić information content (AvgIpc) is 2.52. The SMILES string of the molecule is CC(Sc1nc(N)cc(N)n1)C(=O)N1CCCc2ccccc21. The Morgan fingerprint density at radius 2 is 1.96 bits per heavy atom. The molecule has 0 bridgehead atoms. The van der Waals surface area contributed by atoms with E-state index in [0.717, 1.165) is 25.1 Å². The van der Waals surface area contributed by atoms with Gasteiger partial charge in [0.2, 0.25) is 5.91 Å². The summed E-state index contributed by atoms with van der Waals surface area (Å²) in [5, 5.41) is 0.107. The molecule has 120 valence electrons. The van der Waals surface area contributed by atoms with Crippen molar-refractivity contribution in [1.82, 2.24) is 9.97 Å². The number of nitrogens with two attached hydrogens (primary N) is 2. The number of rotatable bonds is 3. The van der Waals surface area contributed by atoms with E-state index in [1.54, 1.807) is 0 Å². The topological polar surface area (TPSA) is 98.1 Å². The zero-order valence-corrected chi connectivity index (χ0v) is 13.7. The molecular formula is C16H19N5OS. The van der Waals surface area contributed by atoms with E-state index in [-0.39, 0.29) is 11.2 Å². The molecule has 1 atom stereocenters. The molecule has 0 spiro atoms. The van der Waals surface area contributed by atoms with Crippen LogP contribution >= 0.6 is 11.8 Å². The van der Waals surface area contributed by atoms with E-state index in [2.05, 4.69) is 16.0 Å². The Bertz CT molecular complexity index is 716. The number of amides is 1. The van der Waals surface area contributed by atoms with Crippen LogP contribution in [0.4, 0.5) is 17.3 Å². The first-order valence-electron chi connectivity index (χ1n) is 7.50. The highest BCUT2D eigenvalue weighted by Crippen LogP contribution is 2.30. The zero-order chi connectivity index (χ0) is 16.4. The van der Waals surface area contributed by atoms with Gasteiger partial charge in [-0.05, 0) is 31.4 Å². The van der Waals surface area contributed by atoms with Gasteiger partial charge in [-0.1, -0.05) is 30.0 Å². The normalized spacial score (nSPS) is 15.1. The number of anilines is 3. The van der Waals surface area contributed by atoms with Gasteiger partial charge in [0.15, 0.2) is 5.16 Å². The highest BCUT2D eigenvalue weighted by Gasteiger charge is 2.27. The standard InChI is InChI=1S/C16H19N5OS/c1-10(23-16-19-13(17)9-14(18)20-16)15(22)21-8-4-6-11-5-2-3-7-12(11)21/h2-3,5,7,9-10H,4,6,8H2,1H3,(H4,17,18,19,20). The lowest BCUT2D eigenvalue weighted by Gasteiger charge is -2.31. The molecule has 0 saturated carbocycles. The van der Waals surface area contributed by atoms with Crippen molar-refractivity contribution in [2.75, 3.05) is 22.9 Å². The van der Waals surface area contributed by atoms with E-state index in [1.165, 1.54) is 23.4 Å². The zero-order valence-electron chi connectivity index (χ0n) is 12.9. The third kappa shape index (κ3) is 3.39. The van der Waals surface area contributed by atoms with Gasteiger partial charge in [-0.15, -0.1) is 0 Å². The van der Waals surface area contributed by atoms with Gasteiger partial charge in [-0.2, -0.15) is 0 Å². The van der Waals surface area contributed by atoms with Gasteiger partial charge < -0.3 is 16.4 Å². The van der Waals surface area contributed by atoms with Gasteiger partial charge in [0.1, 0.15) is 11.6 Å². The Balaban J connectivity index is 1.78. The van der Waals surface area contributed by atoms with E-state index in [4.69, 9.17) is 11.5 Å². The minimum absolute atomic E-state index is 0.0479. The first kappa shape index (κ1) is 15.6. The summed E-state index contributed by atoms with van der Waals surface area (Å²) in [6.45, 7) is 2.59. The number of fused-ring (bicyclic) bond motifs is 1. The van der Waals surface area contributed by atoms with Gasteiger partial charge >= 0.3 is 0 Å². The smallest absolute Gasteiger partial charge is 0.240 e. The molecule has 2 heterocycles. The maximum absolute atomic E-state index is 12.8. The van der Waals surface area contributed by atoms with Crippen molar-refractivity contribution >= 4 is 35.0 Å². The Hall–Kier alpha value is -2.28. The first-order chi connectivity index (χ1) is 11.0. The van der Waals surface area contributed by atoms with Crippen molar-refractivity contribution in [3.05, 3.63) is 35.9 Å². The fourth-order valence-electron chi connectivity index (χ4n) is 2.71. The number of nitrogens with zero attached hydrogens (tertiary/aromatic N) is 3. The lowest BCUT2D eigenvalue weighted by molar-refractivity contribution is -0.117. The van der Waals surface area contributed by atoms with Crippen molar-refractivity contribution in [2.24, 2.45) is 0 Å². The van der Waals surface area contributed by atoms with Crippen molar-refractivity contribution in [2.45, 2.75) is 30.2 Å². The van der Waals surface area contributed by atoms with Crippen LogP contribution in [-0.2, 0) is 11.2 Å². The van der Waals surface area contributed by atoms with Gasteiger partial charge in [0.25, 0.3) is 0 Å². The van der Waals surface area contributed by atoms with Gasteiger partial charge in [0, 0.05) is 18.3 Å². The van der Waals surface area contributed by atoms with E-state index in [1.807, 2.05) is 30.0 Å². The van der Waals surface area contributed by atoms with E-state index < -0.39 is 0 Å². The molecular weight excluding hydrogens is 310 g/mol. The van der Waals surface area contributed by atoms with Crippen LogP contribution in [0.5, 0.6) is 0 Å². The summed E-state index contributed by atoms with van der Waals surface area (Å²) in [5.74, 6) is 0.665. The summed E-state index contributed by atoms with van der Waals surface area (Å²) < 4.78 is 0. The average molecular weight is 329 g/mol. The quantitative estimate of drug-likeness (QED) is 0.661. The molecule has 0 radical (unpaired) electrons. The molecule has 1 aromatic carbocycles. The Kier molecular flexibility index (Phi) is 4.38. The molecule has 3 rings (SSSR count). The van der Waals surface area contributed by atoms with Crippen LogP contribution in [0.3, 0.4) is 0 Å². The summed E-state index contributed by atoms with van der Waals surface area (Å²) in [6, 6.07) is 9.54. The second-order valence-electron chi connectivity index (χ2n) is 5.48. The molecule has 7 heteroatoms. The number of aryl methyl sites for hydroxylation is 1. The molecule has 23 heavy (non-hydrogen) atoms. The predicted molar refractivity (Wildman–Crippen MR) is 93.3 cm³/mol.